The van der Waals surface area contributed by atoms with Gasteiger partial charge in [-0.05, 0) is 25.0 Å². The Hall–Kier alpha value is -1.75. The first-order valence-electron chi connectivity index (χ1n) is 7.04. The monoisotopic (exact) mass is 277 g/mol. The van der Waals surface area contributed by atoms with Crippen LogP contribution in [0.3, 0.4) is 0 Å². The van der Waals surface area contributed by atoms with Crippen LogP contribution in [-0.4, -0.2) is 45.8 Å². The first kappa shape index (κ1) is 14.7. The summed E-state index contributed by atoms with van der Waals surface area (Å²) in [6.45, 7) is 1.77. The minimum atomic E-state index is 0.0328. The van der Waals surface area contributed by atoms with Gasteiger partial charge in [-0.2, -0.15) is 0 Å². The van der Waals surface area contributed by atoms with Crippen molar-refractivity contribution in [3.05, 3.63) is 24.3 Å². The number of para-hydroxylation sites is 2. The summed E-state index contributed by atoms with van der Waals surface area (Å²) < 4.78 is 5.28. The molecule has 0 radical (unpaired) electrons. The lowest BCUT2D eigenvalue weighted by Crippen LogP contribution is -2.41. The molecule has 0 bridgehead atoms. The number of ether oxygens (including phenoxy) is 1. The largest absolute Gasteiger partial charge is 0.381 e. The molecule has 2 rings (SSSR count). The normalized spacial score (nSPS) is 15.7. The van der Waals surface area contributed by atoms with Crippen molar-refractivity contribution in [1.82, 2.24) is 5.32 Å². The van der Waals surface area contributed by atoms with Crippen molar-refractivity contribution in [2.24, 2.45) is 0 Å². The number of carbonyl (C=O) groups excluding carboxylic acids is 1. The molecule has 1 heterocycles. The fraction of sp³-hybridized carbons (Fsp3) is 0.533. The van der Waals surface area contributed by atoms with E-state index >= 15 is 0 Å². The van der Waals surface area contributed by atoms with E-state index in [4.69, 9.17) is 4.74 Å². The highest BCUT2D eigenvalue weighted by Crippen LogP contribution is 2.22. The lowest BCUT2D eigenvalue weighted by atomic mass is 10.1. The zero-order valence-electron chi connectivity index (χ0n) is 12.2. The van der Waals surface area contributed by atoms with Crippen LogP contribution in [0.2, 0.25) is 0 Å². The van der Waals surface area contributed by atoms with Crippen molar-refractivity contribution in [1.29, 1.82) is 0 Å². The Morgan fingerprint density at radius 1 is 1.30 bits per heavy atom. The molecule has 1 amide bonds. The van der Waals surface area contributed by atoms with Gasteiger partial charge in [-0.25, -0.2) is 0 Å². The van der Waals surface area contributed by atoms with Gasteiger partial charge in [-0.1, -0.05) is 12.1 Å². The van der Waals surface area contributed by atoms with Crippen molar-refractivity contribution in [3.8, 4) is 0 Å². The first-order chi connectivity index (χ1) is 9.66. The molecular weight excluding hydrogens is 254 g/mol. The highest BCUT2D eigenvalue weighted by atomic mass is 16.5. The van der Waals surface area contributed by atoms with E-state index in [1.54, 1.807) is 0 Å². The SMILES string of the molecule is CN(C)c1ccccc1NCC(=O)NC1CCOCC1. The van der Waals surface area contributed by atoms with Crippen LogP contribution in [0.5, 0.6) is 0 Å². The molecular formula is C15H23N3O2. The molecule has 1 saturated heterocycles. The molecule has 0 aromatic heterocycles. The molecule has 0 unspecified atom stereocenters. The van der Waals surface area contributed by atoms with E-state index in [1.165, 1.54) is 0 Å². The average Bonchev–Trinajstić information content (AvgIpc) is 2.46. The number of rotatable bonds is 5. The molecule has 1 aromatic rings. The maximum atomic E-state index is 11.9. The summed E-state index contributed by atoms with van der Waals surface area (Å²) in [4.78, 5) is 14.0. The quantitative estimate of drug-likeness (QED) is 0.855. The zero-order valence-corrected chi connectivity index (χ0v) is 12.2. The Labute approximate surface area is 120 Å². The van der Waals surface area contributed by atoms with Crippen molar-refractivity contribution in [2.45, 2.75) is 18.9 Å². The van der Waals surface area contributed by atoms with Crippen LogP contribution in [0.25, 0.3) is 0 Å². The molecule has 0 atom stereocenters. The number of benzene rings is 1. The Kier molecular flexibility index (Phi) is 5.24. The van der Waals surface area contributed by atoms with Crippen molar-refractivity contribution >= 4 is 17.3 Å². The van der Waals surface area contributed by atoms with Crippen LogP contribution in [0.4, 0.5) is 11.4 Å². The maximum absolute atomic E-state index is 11.9. The summed E-state index contributed by atoms with van der Waals surface area (Å²) in [6.07, 6.45) is 1.81. The Bertz CT molecular complexity index is 442. The van der Waals surface area contributed by atoms with E-state index in [1.807, 2.05) is 43.3 Å². The number of amides is 1. The summed E-state index contributed by atoms with van der Waals surface area (Å²) in [5.41, 5.74) is 2.05. The average molecular weight is 277 g/mol. The van der Waals surface area contributed by atoms with Crippen LogP contribution in [0, 0.1) is 0 Å². The molecule has 1 aromatic carbocycles. The van der Waals surface area contributed by atoms with E-state index in [2.05, 4.69) is 10.6 Å². The first-order valence-corrected chi connectivity index (χ1v) is 7.04. The third-order valence-electron chi connectivity index (χ3n) is 3.41. The highest BCUT2D eigenvalue weighted by Gasteiger charge is 2.16. The van der Waals surface area contributed by atoms with Crippen LogP contribution in [-0.2, 0) is 9.53 Å². The number of anilines is 2. The lowest BCUT2D eigenvalue weighted by Gasteiger charge is -2.23. The van der Waals surface area contributed by atoms with Crippen LogP contribution in [0.1, 0.15) is 12.8 Å². The summed E-state index contributed by atoms with van der Waals surface area (Å²) in [7, 11) is 3.98. The van der Waals surface area contributed by atoms with Gasteiger partial charge < -0.3 is 20.3 Å². The number of carbonyl (C=O) groups is 1. The van der Waals surface area contributed by atoms with Crippen molar-refractivity contribution in [2.75, 3.05) is 44.1 Å². The predicted octanol–water partition coefficient (Wildman–Crippen LogP) is 1.46. The fourth-order valence-corrected chi connectivity index (χ4v) is 2.31. The highest BCUT2D eigenvalue weighted by molar-refractivity contribution is 5.82. The van der Waals surface area contributed by atoms with Gasteiger partial charge in [0.25, 0.3) is 0 Å². The minimum absolute atomic E-state index is 0.0328. The molecule has 2 N–H and O–H groups in total. The van der Waals surface area contributed by atoms with Gasteiger partial charge >= 0.3 is 0 Å². The summed E-state index contributed by atoms with van der Waals surface area (Å²) >= 11 is 0. The molecule has 0 aliphatic carbocycles. The zero-order chi connectivity index (χ0) is 14.4. The molecule has 1 aliphatic rings. The standard InChI is InChI=1S/C15H23N3O2/c1-18(2)14-6-4-3-5-13(14)16-11-15(19)17-12-7-9-20-10-8-12/h3-6,12,16H,7-11H2,1-2H3,(H,17,19). The molecule has 110 valence electrons. The van der Waals surface area contributed by atoms with Gasteiger partial charge in [0.05, 0.1) is 17.9 Å². The second-order valence-electron chi connectivity index (χ2n) is 5.22. The molecule has 20 heavy (non-hydrogen) atoms. The Morgan fingerprint density at radius 3 is 2.70 bits per heavy atom. The third-order valence-corrected chi connectivity index (χ3v) is 3.41. The second kappa shape index (κ2) is 7.14. The van der Waals surface area contributed by atoms with Crippen molar-refractivity contribution < 1.29 is 9.53 Å². The molecule has 5 heteroatoms. The van der Waals surface area contributed by atoms with Gasteiger partial charge in [0.15, 0.2) is 0 Å². The van der Waals surface area contributed by atoms with E-state index in [-0.39, 0.29) is 11.9 Å². The molecule has 1 fully saturated rings. The Balaban J connectivity index is 1.83. The molecule has 5 nitrogen and oxygen atoms in total. The van der Waals surface area contributed by atoms with Crippen molar-refractivity contribution in [3.63, 3.8) is 0 Å². The summed E-state index contributed by atoms with van der Waals surface area (Å²) in [5.74, 6) is 0.0328. The van der Waals surface area contributed by atoms with Crippen LogP contribution >= 0.6 is 0 Å². The fourth-order valence-electron chi connectivity index (χ4n) is 2.31. The number of nitrogens with one attached hydrogen (secondary N) is 2. The number of hydrogen-bond acceptors (Lipinski definition) is 4. The maximum Gasteiger partial charge on any atom is 0.239 e. The van der Waals surface area contributed by atoms with Gasteiger partial charge in [0.1, 0.15) is 0 Å². The minimum Gasteiger partial charge on any atom is -0.381 e. The van der Waals surface area contributed by atoms with Gasteiger partial charge in [-0.3, -0.25) is 4.79 Å². The lowest BCUT2D eigenvalue weighted by molar-refractivity contribution is -0.120. The predicted molar refractivity (Wildman–Crippen MR) is 81.2 cm³/mol. The van der Waals surface area contributed by atoms with Crippen LogP contribution in [0.15, 0.2) is 24.3 Å². The van der Waals surface area contributed by atoms with E-state index in [0.29, 0.717) is 6.54 Å². The Morgan fingerprint density at radius 2 is 2.00 bits per heavy atom. The van der Waals surface area contributed by atoms with Gasteiger partial charge in [0.2, 0.25) is 5.91 Å². The van der Waals surface area contributed by atoms with Crippen LogP contribution < -0.4 is 15.5 Å². The second-order valence-corrected chi connectivity index (χ2v) is 5.22. The van der Waals surface area contributed by atoms with E-state index in [9.17, 15) is 4.79 Å². The van der Waals surface area contributed by atoms with E-state index < -0.39 is 0 Å². The number of hydrogen-bond donors (Lipinski definition) is 2. The molecule has 0 spiro atoms. The summed E-state index contributed by atoms with van der Waals surface area (Å²) in [6, 6.07) is 8.21. The smallest absolute Gasteiger partial charge is 0.239 e. The molecule has 0 saturated carbocycles. The topological polar surface area (TPSA) is 53.6 Å². The van der Waals surface area contributed by atoms with Gasteiger partial charge in [-0.15, -0.1) is 0 Å². The summed E-state index contributed by atoms with van der Waals surface area (Å²) in [5, 5.41) is 6.24. The third kappa shape index (κ3) is 4.13. The van der Waals surface area contributed by atoms with E-state index in [0.717, 1.165) is 37.4 Å². The van der Waals surface area contributed by atoms with Gasteiger partial charge in [0, 0.05) is 33.4 Å². The molecule has 1 aliphatic heterocycles. The number of nitrogens with zero attached hydrogens (tertiary/aromatic N) is 1.